The molecule has 0 heterocycles. The van der Waals surface area contributed by atoms with Gasteiger partial charge in [0.15, 0.2) is 6.23 Å². The van der Waals surface area contributed by atoms with Gasteiger partial charge in [-0.2, -0.15) is 0 Å². The Hall–Kier alpha value is -0.570. The highest BCUT2D eigenvalue weighted by Crippen LogP contribution is 2.14. The highest BCUT2D eigenvalue weighted by molar-refractivity contribution is 5.69. The molecule has 0 fully saturated rings. The summed E-state index contributed by atoms with van der Waals surface area (Å²) in [5.74, 6) is -0.0379. The summed E-state index contributed by atoms with van der Waals surface area (Å²) >= 11 is 0. The van der Waals surface area contributed by atoms with Gasteiger partial charge in [0.25, 0.3) is 0 Å². The van der Waals surface area contributed by atoms with E-state index in [9.17, 15) is 4.79 Å². The van der Waals surface area contributed by atoms with Crippen LogP contribution in [-0.4, -0.2) is 30.2 Å². The van der Waals surface area contributed by atoms with Gasteiger partial charge >= 0.3 is 5.97 Å². The number of hydrogen-bond donors (Lipinski definition) is 0. The summed E-state index contributed by atoms with van der Waals surface area (Å²) in [5, 5.41) is 0. The van der Waals surface area contributed by atoms with E-state index < -0.39 is 0 Å². The Morgan fingerprint density at radius 3 is 1.41 bits per heavy atom. The van der Waals surface area contributed by atoms with Crippen molar-refractivity contribution in [3.8, 4) is 0 Å². The maximum absolute atomic E-state index is 11.9. The van der Waals surface area contributed by atoms with Gasteiger partial charge in [-0.25, -0.2) is 0 Å². The van der Waals surface area contributed by atoms with Crippen molar-refractivity contribution in [2.45, 2.75) is 137 Å². The molecule has 0 aliphatic rings. The quantitative estimate of drug-likeness (QED) is 0.124. The molecule has 0 bridgehead atoms. The number of nitrogens with zero attached hydrogens (tertiary/aromatic N) is 1. The molecule has 0 aromatic carbocycles. The summed E-state index contributed by atoms with van der Waals surface area (Å²) in [5.41, 5.74) is 0. The molecule has 0 aliphatic carbocycles. The van der Waals surface area contributed by atoms with E-state index in [4.69, 9.17) is 4.74 Å². The van der Waals surface area contributed by atoms with E-state index >= 15 is 0 Å². The molecule has 0 saturated carbocycles. The lowest BCUT2D eigenvalue weighted by Gasteiger charge is -2.25. The van der Waals surface area contributed by atoms with E-state index in [1.807, 2.05) is 6.92 Å². The number of carbonyl (C=O) groups excluding carboxylic acids is 1. The average molecular weight is 384 g/mol. The second-order valence-corrected chi connectivity index (χ2v) is 8.01. The molecule has 0 aromatic heterocycles. The van der Waals surface area contributed by atoms with Crippen LogP contribution in [0.2, 0.25) is 0 Å². The van der Waals surface area contributed by atoms with Crippen molar-refractivity contribution in [2.75, 3.05) is 13.1 Å². The first-order valence-electron chi connectivity index (χ1n) is 12.1. The largest absolute Gasteiger partial charge is 0.447 e. The third-order valence-electron chi connectivity index (χ3n) is 5.61. The number of esters is 1. The van der Waals surface area contributed by atoms with Crippen molar-refractivity contribution in [1.82, 2.24) is 4.90 Å². The standard InChI is InChI=1S/C24H49NO2/c1-5-8-9-10-11-12-13-14-15-16-17-18-19-20-21-22-24(26)27-23(4)25(6-2)7-3/h23H,5-22H2,1-4H3. The molecule has 0 saturated heterocycles. The summed E-state index contributed by atoms with van der Waals surface area (Å²) in [7, 11) is 0. The second kappa shape index (κ2) is 20.2. The molecule has 3 heteroatoms. The van der Waals surface area contributed by atoms with Crippen LogP contribution in [0, 0.1) is 0 Å². The predicted octanol–water partition coefficient (Wildman–Crippen LogP) is 7.48. The van der Waals surface area contributed by atoms with Gasteiger partial charge < -0.3 is 4.74 Å². The van der Waals surface area contributed by atoms with Crippen molar-refractivity contribution in [3.63, 3.8) is 0 Å². The van der Waals surface area contributed by atoms with Crippen molar-refractivity contribution in [3.05, 3.63) is 0 Å². The topological polar surface area (TPSA) is 29.5 Å². The Morgan fingerprint density at radius 2 is 1.04 bits per heavy atom. The molecule has 1 atom stereocenters. The van der Waals surface area contributed by atoms with E-state index in [2.05, 4.69) is 25.7 Å². The third-order valence-corrected chi connectivity index (χ3v) is 5.61. The minimum atomic E-state index is -0.0937. The molecule has 162 valence electrons. The molecule has 1 unspecified atom stereocenters. The Labute approximate surface area is 170 Å². The molecule has 0 N–H and O–H groups in total. The Kier molecular flexibility index (Phi) is 19.7. The van der Waals surface area contributed by atoms with Crippen LogP contribution in [0.15, 0.2) is 0 Å². The number of carbonyl (C=O) groups is 1. The van der Waals surface area contributed by atoms with Crippen LogP contribution >= 0.6 is 0 Å². The van der Waals surface area contributed by atoms with Crippen LogP contribution in [-0.2, 0) is 9.53 Å². The highest BCUT2D eigenvalue weighted by Gasteiger charge is 2.14. The summed E-state index contributed by atoms with van der Waals surface area (Å²) in [4.78, 5) is 14.0. The van der Waals surface area contributed by atoms with Crippen molar-refractivity contribution < 1.29 is 9.53 Å². The van der Waals surface area contributed by atoms with Gasteiger partial charge in [-0.3, -0.25) is 9.69 Å². The van der Waals surface area contributed by atoms with Crippen LogP contribution in [0.4, 0.5) is 0 Å². The molecule has 0 aromatic rings. The zero-order valence-corrected chi connectivity index (χ0v) is 19.1. The number of ether oxygens (including phenoxy) is 1. The fraction of sp³-hybridized carbons (Fsp3) is 0.958. The smallest absolute Gasteiger partial charge is 0.307 e. The van der Waals surface area contributed by atoms with Gasteiger partial charge in [-0.15, -0.1) is 0 Å². The minimum absolute atomic E-state index is 0.0379. The first-order chi connectivity index (χ1) is 13.2. The fourth-order valence-corrected chi connectivity index (χ4v) is 3.70. The highest BCUT2D eigenvalue weighted by atomic mass is 16.6. The van der Waals surface area contributed by atoms with Crippen LogP contribution < -0.4 is 0 Å². The summed E-state index contributed by atoms with van der Waals surface area (Å²) in [6.45, 7) is 10.3. The Morgan fingerprint density at radius 1 is 0.667 bits per heavy atom. The van der Waals surface area contributed by atoms with Crippen molar-refractivity contribution in [1.29, 1.82) is 0 Å². The summed E-state index contributed by atoms with van der Waals surface area (Å²) in [6.07, 6.45) is 20.7. The van der Waals surface area contributed by atoms with Gasteiger partial charge in [-0.05, 0) is 26.4 Å². The van der Waals surface area contributed by atoms with E-state index in [0.29, 0.717) is 6.42 Å². The number of rotatable bonds is 20. The Bertz CT molecular complexity index is 316. The SMILES string of the molecule is CCCCCCCCCCCCCCCCCC(=O)OC(C)N(CC)CC. The lowest BCUT2D eigenvalue weighted by Crippen LogP contribution is -2.36. The third kappa shape index (κ3) is 17.3. The Balaban J connectivity index is 3.30. The van der Waals surface area contributed by atoms with Gasteiger partial charge in [-0.1, -0.05) is 111 Å². The predicted molar refractivity (Wildman–Crippen MR) is 118 cm³/mol. The van der Waals surface area contributed by atoms with E-state index in [-0.39, 0.29) is 12.2 Å². The normalized spacial score (nSPS) is 12.5. The minimum Gasteiger partial charge on any atom is -0.447 e. The first-order valence-corrected chi connectivity index (χ1v) is 12.1. The molecule has 0 radical (unpaired) electrons. The zero-order valence-electron chi connectivity index (χ0n) is 19.1. The van der Waals surface area contributed by atoms with Gasteiger partial charge in [0.1, 0.15) is 0 Å². The first kappa shape index (κ1) is 26.4. The lowest BCUT2D eigenvalue weighted by atomic mass is 10.0. The molecule has 0 spiro atoms. The van der Waals surface area contributed by atoms with E-state index in [1.54, 1.807) is 0 Å². The number of unbranched alkanes of at least 4 members (excludes halogenated alkanes) is 14. The molecule has 0 aliphatic heterocycles. The van der Waals surface area contributed by atoms with E-state index in [0.717, 1.165) is 25.9 Å². The average Bonchev–Trinajstić information content (AvgIpc) is 2.65. The van der Waals surface area contributed by atoms with Crippen LogP contribution in [0.3, 0.4) is 0 Å². The maximum Gasteiger partial charge on any atom is 0.307 e. The lowest BCUT2D eigenvalue weighted by molar-refractivity contribution is -0.157. The molecule has 0 amide bonds. The van der Waals surface area contributed by atoms with Crippen LogP contribution in [0.5, 0.6) is 0 Å². The van der Waals surface area contributed by atoms with Gasteiger partial charge in [0.05, 0.1) is 0 Å². The summed E-state index contributed by atoms with van der Waals surface area (Å²) < 4.78 is 5.50. The number of hydrogen-bond acceptors (Lipinski definition) is 3. The molecule has 3 nitrogen and oxygen atoms in total. The summed E-state index contributed by atoms with van der Waals surface area (Å²) in [6, 6.07) is 0. The van der Waals surface area contributed by atoms with E-state index in [1.165, 1.54) is 83.5 Å². The monoisotopic (exact) mass is 383 g/mol. The maximum atomic E-state index is 11.9. The van der Waals surface area contributed by atoms with Crippen LogP contribution in [0.25, 0.3) is 0 Å². The van der Waals surface area contributed by atoms with Gasteiger partial charge in [0, 0.05) is 6.42 Å². The second-order valence-electron chi connectivity index (χ2n) is 8.01. The molecular weight excluding hydrogens is 334 g/mol. The fourth-order valence-electron chi connectivity index (χ4n) is 3.70. The zero-order chi connectivity index (χ0) is 20.2. The van der Waals surface area contributed by atoms with Gasteiger partial charge in [0.2, 0.25) is 0 Å². The van der Waals surface area contributed by atoms with Crippen molar-refractivity contribution >= 4 is 5.97 Å². The molecular formula is C24H49NO2. The van der Waals surface area contributed by atoms with Crippen molar-refractivity contribution in [2.24, 2.45) is 0 Å². The molecule has 27 heavy (non-hydrogen) atoms. The molecule has 0 rings (SSSR count). The van der Waals surface area contributed by atoms with Crippen LogP contribution in [0.1, 0.15) is 130 Å².